The predicted octanol–water partition coefficient (Wildman–Crippen LogP) is 3.51. The topological polar surface area (TPSA) is 98.6 Å². The lowest BCUT2D eigenvalue weighted by molar-refractivity contribution is -0.113. The number of aromatic amines is 1. The van der Waals surface area contributed by atoms with Gasteiger partial charge in [-0.1, -0.05) is 32.0 Å². The maximum atomic E-state index is 12.4. The molecule has 27 heavy (non-hydrogen) atoms. The number of nitrogens with zero attached hydrogens (tertiary/aromatic N) is 2. The van der Waals surface area contributed by atoms with Crippen molar-refractivity contribution in [1.82, 2.24) is 9.97 Å². The molecule has 1 aliphatic rings. The summed E-state index contributed by atoms with van der Waals surface area (Å²) in [5.74, 6) is 0.536. The Morgan fingerprint density at radius 1 is 1.56 bits per heavy atom. The summed E-state index contributed by atoms with van der Waals surface area (Å²) in [4.78, 5) is 32.3. The SMILES string of the molecule is CCCc1cc(=O)[nH]c(SCC(=O)Nc2sc3c(c2C#N)CC[C@@H](C)C3)n1. The van der Waals surface area contributed by atoms with Gasteiger partial charge in [0, 0.05) is 16.6 Å². The van der Waals surface area contributed by atoms with Crippen molar-refractivity contribution in [2.45, 2.75) is 51.1 Å². The minimum atomic E-state index is -0.205. The second kappa shape index (κ2) is 8.72. The smallest absolute Gasteiger partial charge is 0.251 e. The van der Waals surface area contributed by atoms with Gasteiger partial charge >= 0.3 is 0 Å². The minimum Gasteiger partial charge on any atom is -0.316 e. The van der Waals surface area contributed by atoms with Crippen LogP contribution < -0.4 is 10.9 Å². The lowest BCUT2D eigenvalue weighted by atomic mass is 9.89. The molecule has 0 saturated carbocycles. The van der Waals surface area contributed by atoms with Crippen LogP contribution in [0, 0.1) is 17.2 Å². The molecule has 0 fully saturated rings. The van der Waals surface area contributed by atoms with E-state index in [2.05, 4.69) is 28.3 Å². The molecular weight excluding hydrogens is 380 g/mol. The predicted molar refractivity (Wildman–Crippen MR) is 108 cm³/mol. The van der Waals surface area contributed by atoms with Crippen molar-refractivity contribution in [3.63, 3.8) is 0 Å². The number of nitriles is 1. The van der Waals surface area contributed by atoms with Gasteiger partial charge in [-0.15, -0.1) is 11.3 Å². The van der Waals surface area contributed by atoms with Gasteiger partial charge in [-0.2, -0.15) is 5.26 Å². The van der Waals surface area contributed by atoms with Crippen LogP contribution in [-0.2, 0) is 24.1 Å². The number of aryl methyl sites for hydroxylation is 1. The largest absolute Gasteiger partial charge is 0.316 e. The fraction of sp³-hybridized carbons (Fsp3) is 0.474. The first-order valence-corrected chi connectivity index (χ1v) is 10.9. The molecular formula is C19H22N4O2S2. The molecule has 1 aliphatic carbocycles. The Bertz CT molecular complexity index is 942. The molecule has 142 valence electrons. The van der Waals surface area contributed by atoms with Gasteiger partial charge in [-0.25, -0.2) is 4.98 Å². The number of carbonyl (C=O) groups excluding carboxylic acids is 1. The van der Waals surface area contributed by atoms with Gasteiger partial charge in [0.15, 0.2) is 5.16 Å². The van der Waals surface area contributed by atoms with Gasteiger partial charge < -0.3 is 10.3 Å². The highest BCUT2D eigenvalue weighted by Crippen LogP contribution is 2.39. The zero-order valence-corrected chi connectivity index (χ0v) is 17.1. The Hall–Kier alpha value is -2.11. The summed E-state index contributed by atoms with van der Waals surface area (Å²) in [5, 5.41) is 13.5. The first kappa shape index (κ1) is 19.6. The van der Waals surface area contributed by atoms with Crippen molar-refractivity contribution in [3.8, 4) is 6.07 Å². The summed E-state index contributed by atoms with van der Waals surface area (Å²) in [6, 6.07) is 3.75. The number of fused-ring (bicyclic) bond motifs is 1. The standard InChI is InChI=1S/C19H22N4O2S2/c1-3-4-12-8-16(24)23-19(21-12)26-10-17(25)22-18-14(9-20)13-6-5-11(2)7-15(13)27-18/h8,11H,3-7,10H2,1-2H3,(H,22,25)(H,21,23,24)/t11-/m1/s1. The van der Waals surface area contributed by atoms with Crippen LogP contribution in [0.15, 0.2) is 16.0 Å². The highest BCUT2D eigenvalue weighted by atomic mass is 32.2. The Morgan fingerprint density at radius 3 is 3.11 bits per heavy atom. The third kappa shape index (κ3) is 4.79. The zero-order valence-electron chi connectivity index (χ0n) is 15.4. The van der Waals surface area contributed by atoms with Crippen LogP contribution in [0.1, 0.15) is 48.4 Å². The summed E-state index contributed by atoms with van der Waals surface area (Å²) >= 11 is 2.71. The number of hydrogen-bond acceptors (Lipinski definition) is 6. The van der Waals surface area contributed by atoms with Crippen molar-refractivity contribution in [2.24, 2.45) is 5.92 Å². The van der Waals surface area contributed by atoms with Crippen LogP contribution in [0.3, 0.4) is 0 Å². The van der Waals surface area contributed by atoms with Gasteiger partial charge in [-0.3, -0.25) is 9.59 Å². The molecule has 2 aromatic heterocycles. The van der Waals surface area contributed by atoms with E-state index in [9.17, 15) is 14.9 Å². The van der Waals surface area contributed by atoms with Crippen LogP contribution in [0.2, 0.25) is 0 Å². The van der Waals surface area contributed by atoms with E-state index in [1.807, 2.05) is 6.92 Å². The maximum absolute atomic E-state index is 12.4. The van der Waals surface area contributed by atoms with Crippen LogP contribution >= 0.6 is 23.1 Å². The molecule has 2 N–H and O–H groups in total. The number of aromatic nitrogens is 2. The molecule has 0 bridgehead atoms. The zero-order chi connectivity index (χ0) is 19.4. The molecule has 2 aromatic rings. The van der Waals surface area contributed by atoms with Crippen molar-refractivity contribution in [3.05, 3.63) is 38.1 Å². The van der Waals surface area contributed by atoms with E-state index in [1.165, 1.54) is 34.0 Å². The first-order valence-electron chi connectivity index (χ1n) is 9.07. The van der Waals surface area contributed by atoms with Gasteiger partial charge in [0.1, 0.15) is 11.1 Å². The third-order valence-electron chi connectivity index (χ3n) is 4.50. The number of hydrogen-bond donors (Lipinski definition) is 2. The number of thioether (sulfide) groups is 1. The monoisotopic (exact) mass is 402 g/mol. The number of nitrogens with one attached hydrogen (secondary N) is 2. The number of anilines is 1. The highest BCUT2D eigenvalue weighted by Gasteiger charge is 2.24. The summed E-state index contributed by atoms with van der Waals surface area (Å²) < 4.78 is 0. The average Bonchev–Trinajstić information content (AvgIpc) is 2.95. The number of thiophene rings is 1. The normalized spacial score (nSPS) is 15.8. The van der Waals surface area contributed by atoms with E-state index in [1.54, 1.807) is 0 Å². The molecule has 1 atom stereocenters. The molecule has 0 saturated heterocycles. The lowest BCUT2D eigenvalue weighted by Crippen LogP contribution is -2.16. The highest BCUT2D eigenvalue weighted by molar-refractivity contribution is 7.99. The summed E-state index contributed by atoms with van der Waals surface area (Å²) in [6.45, 7) is 4.24. The molecule has 0 radical (unpaired) electrons. The first-order chi connectivity index (χ1) is 13.0. The van der Waals surface area contributed by atoms with Crippen LogP contribution in [0.5, 0.6) is 0 Å². The van der Waals surface area contributed by atoms with Crippen molar-refractivity contribution in [1.29, 1.82) is 5.26 Å². The number of carbonyl (C=O) groups is 1. The summed E-state index contributed by atoms with van der Waals surface area (Å²) in [5.41, 5.74) is 2.23. The van der Waals surface area contributed by atoms with Crippen molar-refractivity contribution < 1.29 is 4.79 Å². The van der Waals surface area contributed by atoms with Crippen molar-refractivity contribution >= 4 is 34.0 Å². The quantitative estimate of drug-likeness (QED) is 0.569. The van der Waals surface area contributed by atoms with Crippen LogP contribution in [0.4, 0.5) is 5.00 Å². The summed E-state index contributed by atoms with van der Waals surface area (Å²) in [7, 11) is 0. The van der Waals surface area contributed by atoms with Crippen LogP contribution in [0.25, 0.3) is 0 Å². The Morgan fingerprint density at radius 2 is 2.37 bits per heavy atom. The number of H-pyrrole nitrogens is 1. The van der Waals surface area contributed by atoms with Crippen molar-refractivity contribution in [2.75, 3.05) is 11.1 Å². The molecule has 3 rings (SSSR count). The minimum absolute atomic E-state index is 0.127. The lowest BCUT2D eigenvalue weighted by Gasteiger charge is -2.17. The van der Waals surface area contributed by atoms with Gasteiger partial charge in [0.2, 0.25) is 5.91 Å². The van der Waals surface area contributed by atoms with Gasteiger partial charge in [0.25, 0.3) is 5.56 Å². The van der Waals surface area contributed by atoms with E-state index < -0.39 is 0 Å². The van der Waals surface area contributed by atoms with Gasteiger partial charge in [-0.05, 0) is 37.2 Å². The molecule has 6 nitrogen and oxygen atoms in total. The van der Waals surface area contributed by atoms with E-state index >= 15 is 0 Å². The molecule has 0 aliphatic heterocycles. The van der Waals surface area contributed by atoms with E-state index in [0.29, 0.717) is 21.6 Å². The van der Waals surface area contributed by atoms with E-state index in [-0.39, 0.29) is 17.2 Å². The van der Waals surface area contributed by atoms with E-state index in [0.717, 1.165) is 43.4 Å². The summed E-state index contributed by atoms with van der Waals surface area (Å²) in [6.07, 6.45) is 4.58. The molecule has 0 unspecified atom stereocenters. The molecule has 0 aromatic carbocycles. The number of rotatable bonds is 6. The fourth-order valence-corrected chi connectivity index (χ4v) is 5.26. The molecule has 0 spiro atoms. The Kier molecular flexibility index (Phi) is 6.34. The molecule has 8 heteroatoms. The maximum Gasteiger partial charge on any atom is 0.251 e. The molecule has 1 amide bonds. The second-order valence-corrected chi connectivity index (χ2v) is 8.87. The molecule has 2 heterocycles. The fourth-order valence-electron chi connectivity index (χ4n) is 3.19. The van der Waals surface area contributed by atoms with E-state index in [4.69, 9.17) is 0 Å². The van der Waals surface area contributed by atoms with Crippen LogP contribution in [-0.4, -0.2) is 21.6 Å². The average molecular weight is 403 g/mol. The van der Waals surface area contributed by atoms with Gasteiger partial charge in [0.05, 0.1) is 11.3 Å². The third-order valence-corrected chi connectivity index (χ3v) is 6.54. The number of amides is 1. The second-order valence-electron chi connectivity index (χ2n) is 6.80. The Balaban J connectivity index is 1.67. The Labute approximate surface area is 166 Å².